The van der Waals surface area contributed by atoms with Gasteiger partial charge in [-0.1, -0.05) is 76.8 Å². The Morgan fingerprint density at radius 1 is 0.895 bits per heavy atom. The van der Waals surface area contributed by atoms with E-state index in [1.807, 2.05) is 44.2 Å². The third-order valence-corrected chi connectivity index (χ3v) is 8.52. The summed E-state index contributed by atoms with van der Waals surface area (Å²) in [6.45, 7) is 3.83. The van der Waals surface area contributed by atoms with Gasteiger partial charge in [0.05, 0.1) is 21.3 Å². The molecule has 1 spiro atoms. The van der Waals surface area contributed by atoms with Crippen molar-refractivity contribution in [3.05, 3.63) is 97.9 Å². The van der Waals surface area contributed by atoms with Gasteiger partial charge < -0.3 is 0 Å². The number of likely N-dealkylation sites (tertiary alicyclic amines) is 1. The second-order valence-corrected chi connectivity index (χ2v) is 12.1. The number of halogens is 4. The van der Waals surface area contributed by atoms with Crippen LogP contribution in [-0.2, 0) is 4.84 Å². The molecule has 3 aromatic carbocycles. The van der Waals surface area contributed by atoms with Crippen molar-refractivity contribution in [2.45, 2.75) is 43.9 Å². The van der Waals surface area contributed by atoms with Gasteiger partial charge in [0.25, 0.3) is 5.91 Å². The van der Waals surface area contributed by atoms with Gasteiger partial charge in [-0.3, -0.25) is 19.3 Å². The predicted octanol–water partition coefficient (Wildman–Crippen LogP) is 8.08. The zero-order valence-electron chi connectivity index (χ0n) is 20.4. The van der Waals surface area contributed by atoms with Crippen LogP contribution in [0.3, 0.4) is 0 Å². The fourth-order valence-electron chi connectivity index (χ4n) is 5.27. The van der Waals surface area contributed by atoms with E-state index in [4.69, 9.17) is 63.5 Å². The molecule has 0 saturated carbocycles. The summed E-state index contributed by atoms with van der Waals surface area (Å²) in [5.74, 6) is -0.595. The first kappa shape index (κ1) is 27.4. The number of anilines is 1. The average molecular weight is 608 g/mol. The standard InChI is InChI=1S/C28H22Cl4N2O3S/c1-27(2)15-28(26(38)33(27)25(36)20-11-9-17(30)13-22(20)32)14-23(34(37-28)18-6-4-3-5-7-18)24(35)19-10-8-16(29)12-21(19)31/h3-13,23H,14-15H2,1-2H3/t23-,28-/m0/s1. The van der Waals surface area contributed by atoms with E-state index in [0.717, 1.165) is 0 Å². The Bertz CT molecular complexity index is 1470. The highest BCUT2D eigenvalue weighted by atomic mass is 35.5. The number of amides is 1. The summed E-state index contributed by atoms with van der Waals surface area (Å²) >= 11 is 30.8. The lowest BCUT2D eigenvalue weighted by Gasteiger charge is -2.31. The number of rotatable bonds is 4. The molecule has 2 saturated heterocycles. The summed E-state index contributed by atoms with van der Waals surface area (Å²) in [6, 6.07) is 18.0. The zero-order chi connectivity index (χ0) is 27.4. The highest BCUT2D eigenvalue weighted by molar-refractivity contribution is 7.80. The molecule has 2 aliphatic heterocycles. The molecule has 5 nitrogen and oxygen atoms in total. The Morgan fingerprint density at radius 3 is 2.05 bits per heavy atom. The maximum absolute atomic E-state index is 13.9. The predicted molar refractivity (Wildman–Crippen MR) is 156 cm³/mol. The first-order chi connectivity index (χ1) is 17.9. The molecule has 0 aliphatic carbocycles. The summed E-state index contributed by atoms with van der Waals surface area (Å²) in [5.41, 5.74) is -0.537. The minimum absolute atomic E-state index is 0.222. The van der Waals surface area contributed by atoms with Crippen LogP contribution >= 0.6 is 58.6 Å². The first-order valence-corrected chi connectivity index (χ1v) is 13.7. The average Bonchev–Trinajstić information content (AvgIpc) is 3.32. The lowest BCUT2D eigenvalue weighted by Crippen LogP contribution is -2.46. The number of hydrogen-bond donors (Lipinski definition) is 0. The van der Waals surface area contributed by atoms with Gasteiger partial charge in [0, 0.05) is 34.0 Å². The van der Waals surface area contributed by atoms with E-state index in [-0.39, 0.29) is 38.7 Å². The van der Waals surface area contributed by atoms with Crippen molar-refractivity contribution in [2.24, 2.45) is 0 Å². The van der Waals surface area contributed by atoms with Crippen molar-refractivity contribution >= 4 is 81.0 Å². The molecule has 0 aromatic heterocycles. The van der Waals surface area contributed by atoms with Gasteiger partial charge in [0.15, 0.2) is 11.4 Å². The van der Waals surface area contributed by atoms with Crippen LogP contribution < -0.4 is 5.06 Å². The van der Waals surface area contributed by atoms with Crippen LogP contribution in [0.1, 0.15) is 47.4 Å². The number of carbonyl (C=O) groups is 2. The molecular weight excluding hydrogens is 586 g/mol. The summed E-state index contributed by atoms with van der Waals surface area (Å²) in [4.78, 5) is 36.1. The normalized spacial score (nSPS) is 22.4. The van der Waals surface area contributed by atoms with Crippen molar-refractivity contribution in [2.75, 3.05) is 5.06 Å². The number of ketones is 1. The molecule has 0 N–H and O–H groups in total. The Morgan fingerprint density at radius 2 is 1.47 bits per heavy atom. The molecule has 38 heavy (non-hydrogen) atoms. The minimum Gasteiger partial charge on any atom is -0.294 e. The van der Waals surface area contributed by atoms with Crippen molar-refractivity contribution in [3.63, 3.8) is 0 Å². The molecule has 10 heteroatoms. The van der Waals surface area contributed by atoms with Crippen LogP contribution in [0.4, 0.5) is 5.69 Å². The fourth-order valence-corrected chi connectivity index (χ4v) is 6.79. The molecule has 0 unspecified atom stereocenters. The number of para-hydroxylation sites is 1. The van der Waals surface area contributed by atoms with E-state index in [9.17, 15) is 9.59 Å². The van der Waals surface area contributed by atoms with Crippen LogP contribution in [0.5, 0.6) is 0 Å². The molecular formula is C28H22Cl4N2O3S. The number of hydroxylamine groups is 1. The van der Waals surface area contributed by atoms with Crippen LogP contribution in [0, 0.1) is 0 Å². The lowest BCUT2D eigenvalue weighted by molar-refractivity contribution is 0.0335. The molecule has 2 atom stereocenters. The third-order valence-electron chi connectivity index (χ3n) is 6.87. The van der Waals surface area contributed by atoms with E-state index >= 15 is 0 Å². The van der Waals surface area contributed by atoms with Crippen LogP contribution in [0.15, 0.2) is 66.7 Å². The summed E-state index contributed by atoms with van der Waals surface area (Å²) < 4.78 is 0. The smallest absolute Gasteiger partial charge is 0.260 e. The molecule has 0 radical (unpaired) electrons. The van der Waals surface area contributed by atoms with Gasteiger partial charge in [-0.15, -0.1) is 0 Å². The number of nitrogens with zero attached hydrogens (tertiary/aromatic N) is 2. The molecule has 2 fully saturated rings. The molecule has 1 amide bonds. The first-order valence-electron chi connectivity index (χ1n) is 11.8. The van der Waals surface area contributed by atoms with Gasteiger partial charge in [-0.05, 0) is 62.4 Å². The second kappa shape index (κ2) is 10.1. The summed E-state index contributed by atoms with van der Waals surface area (Å²) in [7, 11) is 0. The van der Waals surface area contributed by atoms with Crippen molar-refractivity contribution in [1.29, 1.82) is 0 Å². The van der Waals surface area contributed by atoms with Crippen molar-refractivity contribution in [1.82, 2.24) is 4.90 Å². The van der Waals surface area contributed by atoms with Crippen LogP contribution in [-0.4, -0.2) is 38.8 Å². The highest BCUT2D eigenvalue weighted by Crippen LogP contribution is 2.49. The Labute approximate surface area is 246 Å². The second-order valence-electron chi connectivity index (χ2n) is 10.0. The SMILES string of the molecule is CC1(C)C[C@@]2(C[C@@H](C(=O)c3ccc(Cl)cc3Cl)N(c3ccccc3)O2)C(=S)N1C(=O)c1ccc(Cl)cc1Cl. The molecule has 196 valence electrons. The van der Waals surface area contributed by atoms with Crippen LogP contribution in [0.2, 0.25) is 20.1 Å². The number of benzene rings is 3. The van der Waals surface area contributed by atoms with E-state index < -0.39 is 17.2 Å². The number of thiocarbonyl (C=S) groups is 1. The number of hydrogen-bond acceptors (Lipinski definition) is 5. The fraction of sp³-hybridized carbons (Fsp3) is 0.250. The molecule has 2 aliphatic rings. The lowest BCUT2D eigenvalue weighted by atomic mass is 9.86. The summed E-state index contributed by atoms with van der Waals surface area (Å²) in [5, 5.41) is 2.91. The van der Waals surface area contributed by atoms with Gasteiger partial charge in [0.2, 0.25) is 0 Å². The van der Waals surface area contributed by atoms with E-state index in [1.54, 1.807) is 34.2 Å². The Kier molecular flexibility index (Phi) is 7.27. The van der Waals surface area contributed by atoms with Gasteiger partial charge in [-0.25, -0.2) is 5.06 Å². The molecule has 0 bridgehead atoms. The van der Waals surface area contributed by atoms with Crippen molar-refractivity contribution in [3.8, 4) is 0 Å². The van der Waals surface area contributed by atoms with Crippen molar-refractivity contribution < 1.29 is 14.4 Å². The van der Waals surface area contributed by atoms with Crippen LogP contribution in [0.25, 0.3) is 0 Å². The largest absolute Gasteiger partial charge is 0.294 e. The third kappa shape index (κ3) is 4.72. The monoisotopic (exact) mass is 606 g/mol. The molecule has 5 rings (SSSR count). The Hall–Kier alpha value is -2.19. The number of Topliss-reactive ketones (excluding diaryl/α,β-unsaturated/α-hetero) is 1. The van der Waals surface area contributed by atoms with Gasteiger partial charge >= 0.3 is 0 Å². The number of carbonyl (C=O) groups excluding carboxylic acids is 2. The molecule has 3 aromatic rings. The van der Waals surface area contributed by atoms with E-state index in [1.165, 1.54) is 12.1 Å². The topological polar surface area (TPSA) is 49.9 Å². The maximum Gasteiger partial charge on any atom is 0.260 e. The van der Waals surface area contributed by atoms with E-state index in [2.05, 4.69) is 0 Å². The van der Waals surface area contributed by atoms with E-state index in [0.29, 0.717) is 27.7 Å². The summed E-state index contributed by atoms with van der Waals surface area (Å²) in [6.07, 6.45) is 0.595. The minimum atomic E-state index is -1.09. The Balaban J connectivity index is 1.55. The quantitative estimate of drug-likeness (QED) is 0.222. The zero-order valence-corrected chi connectivity index (χ0v) is 24.2. The molecule has 2 heterocycles. The van der Waals surface area contributed by atoms with Gasteiger partial charge in [-0.2, -0.15) is 0 Å². The van der Waals surface area contributed by atoms with Gasteiger partial charge in [0.1, 0.15) is 11.0 Å². The maximum atomic E-state index is 13.9. The highest BCUT2D eigenvalue weighted by Gasteiger charge is 2.62.